The zero-order valence-electron chi connectivity index (χ0n) is 11.3. The van der Waals surface area contributed by atoms with Crippen molar-refractivity contribution in [3.05, 3.63) is 27.9 Å². The normalized spacial score (nSPS) is 16.4. The number of nitro groups is 1. The minimum Gasteiger partial charge on any atom is -0.358 e. The average Bonchev–Trinajstić information content (AvgIpc) is 2.81. The second-order valence-electron chi connectivity index (χ2n) is 4.72. The smallest absolute Gasteiger partial charge is 0.323 e. The van der Waals surface area contributed by atoms with Gasteiger partial charge in [0.15, 0.2) is 5.69 Å². The van der Waals surface area contributed by atoms with Crippen molar-refractivity contribution in [1.82, 2.24) is 14.4 Å². The topological polar surface area (TPSA) is 71.6 Å². The van der Waals surface area contributed by atoms with Crippen LogP contribution in [0.2, 0.25) is 0 Å². The molecule has 110 valence electrons. The van der Waals surface area contributed by atoms with Crippen LogP contribution in [0.5, 0.6) is 0 Å². The van der Waals surface area contributed by atoms with E-state index in [1.165, 1.54) is 23.7 Å². The van der Waals surface area contributed by atoms with E-state index in [2.05, 4.69) is 4.90 Å². The summed E-state index contributed by atoms with van der Waals surface area (Å²) in [6, 6.07) is 2.86. The van der Waals surface area contributed by atoms with E-state index in [1.54, 1.807) is 4.90 Å². The van der Waals surface area contributed by atoms with Crippen LogP contribution in [0.15, 0.2) is 12.1 Å². The highest BCUT2D eigenvalue weighted by molar-refractivity contribution is 6.18. The van der Waals surface area contributed by atoms with Gasteiger partial charge in [-0.2, -0.15) is 0 Å². The van der Waals surface area contributed by atoms with Crippen LogP contribution in [0.4, 0.5) is 5.82 Å². The Kier molecular flexibility index (Phi) is 4.61. The van der Waals surface area contributed by atoms with Crippen molar-refractivity contribution in [2.45, 2.75) is 0 Å². The van der Waals surface area contributed by atoms with E-state index < -0.39 is 4.92 Å². The summed E-state index contributed by atoms with van der Waals surface area (Å²) in [5, 5.41) is 10.8. The molecule has 0 radical (unpaired) electrons. The van der Waals surface area contributed by atoms with Crippen LogP contribution in [0.1, 0.15) is 10.5 Å². The number of aromatic nitrogens is 1. The Morgan fingerprint density at radius 2 is 2.00 bits per heavy atom. The van der Waals surface area contributed by atoms with Gasteiger partial charge in [0.25, 0.3) is 5.91 Å². The van der Waals surface area contributed by atoms with Gasteiger partial charge in [0, 0.05) is 44.7 Å². The van der Waals surface area contributed by atoms with E-state index in [0.717, 1.165) is 19.6 Å². The molecule has 1 amide bonds. The van der Waals surface area contributed by atoms with Gasteiger partial charge in [-0.25, -0.2) is 4.57 Å². The maximum absolute atomic E-state index is 12.4. The van der Waals surface area contributed by atoms with Gasteiger partial charge in [-0.05, 0) is 11.0 Å². The number of halogens is 1. The maximum Gasteiger partial charge on any atom is 0.323 e. The number of rotatable bonds is 4. The summed E-state index contributed by atoms with van der Waals surface area (Å²) in [4.78, 5) is 26.6. The SMILES string of the molecule is Cn1c(C(=O)N2CCN(CCCl)CC2)ccc1[N+](=O)[O-]. The molecule has 0 aromatic carbocycles. The first-order valence-electron chi connectivity index (χ1n) is 6.42. The van der Waals surface area contributed by atoms with E-state index in [1.807, 2.05) is 0 Å². The molecule has 0 unspecified atom stereocenters. The fourth-order valence-electron chi connectivity index (χ4n) is 2.35. The van der Waals surface area contributed by atoms with Crippen LogP contribution in [0.25, 0.3) is 0 Å². The van der Waals surface area contributed by atoms with Crippen LogP contribution in [-0.4, -0.2) is 63.8 Å². The van der Waals surface area contributed by atoms with Crippen molar-refractivity contribution in [3.8, 4) is 0 Å². The van der Waals surface area contributed by atoms with Gasteiger partial charge in [0.2, 0.25) is 0 Å². The fraction of sp³-hybridized carbons (Fsp3) is 0.583. The van der Waals surface area contributed by atoms with Crippen molar-refractivity contribution < 1.29 is 9.72 Å². The number of hydrogen-bond acceptors (Lipinski definition) is 4. The summed E-state index contributed by atoms with van der Waals surface area (Å²) < 4.78 is 1.33. The highest BCUT2D eigenvalue weighted by Gasteiger charge is 2.27. The Bertz CT molecular complexity index is 509. The molecule has 1 saturated heterocycles. The zero-order valence-corrected chi connectivity index (χ0v) is 12.0. The molecule has 8 heteroatoms. The molecule has 0 spiro atoms. The van der Waals surface area contributed by atoms with E-state index in [4.69, 9.17) is 11.6 Å². The highest BCUT2D eigenvalue weighted by atomic mass is 35.5. The van der Waals surface area contributed by atoms with Crippen LogP contribution in [-0.2, 0) is 7.05 Å². The first-order chi connectivity index (χ1) is 9.54. The van der Waals surface area contributed by atoms with Gasteiger partial charge in [-0.1, -0.05) is 0 Å². The molecule has 0 aliphatic carbocycles. The quantitative estimate of drug-likeness (QED) is 0.471. The molecule has 1 aromatic heterocycles. The van der Waals surface area contributed by atoms with Gasteiger partial charge in [-0.3, -0.25) is 9.69 Å². The Morgan fingerprint density at radius 3 is 2.50 bits per heavy atom. The first kappa shape index (κ1) is 14.8. The molecule has 2 rings (SSSR count). The Hall–Kier alpha value is -1.60. The molecule has 0 saturated carbocycles. The number of alkyl halides is 1. The van der Waals surface area contributed by atoms with Crippen LogP contribution in [0, 0.1) is 10.1 Å². The number of piperazine rings is 1. The molecular formula is C12H17ClN4O3. The molecule has 0 N–H and O–H groups in total. The average molecular weight is 301 g/mol. The van der Waals surface area contributed by atoms with Crippen molar-refractivity contribution in [2.75, 3.05) is 38.6 Å². The van der Waals surface area contributed by atoms with E-state index in [0.29, 0.717) is 24.7 Å². The molecule has 20 heavy (non-hydrogen) atoms. The van der Waals surface area contributed by atoms with Crippen LogP contribution < -0.4 is 0 Å². The Morgan fingerprint density at radius 1 is 1.35 bits per heavy atom. The predicted octanol–water partition coefficient (Wildman–Crippen LogP) is 0.930. The van der Waals surface area contributed by atoms with E-state index >= 15 is 0 Å². The van der Waals surface area contributed by atoms with Gasteiger partial charge in [0.05, 0.1) is 7.05 Å². The number of carbonyl (C=O) groups excluding carboxylic acids is 1. The maximum atomic E-state index is 12.4. The third-order valence-corrected chi connectivity index (χ3v) is 3.73. The van der Waals surface area contributed by atoms with Gasteiger partial charge in [0.1, 0.15) is 0 Å². The fourth-order valence-corrected chi connectivity index (χ4v) is 2.59. The minimum absolute atomic E-state index is 0.0749. The Labute approximate surface area is 121 Å². The zero-order chi connectivity index (χ0) is 14.7. The monoisotopic (exact) mass is 300 g/mol. The van der Waals surface area contributed by atoms with Crippen molar-refractivity contribution in [1.29, 1.82) is 0 Å². The minimum atomic E-state index is -0.491. The number of nitrogens with zero attached hydrogens (tertiary/aromatic N) is 4. The lowest BCUT2D eigenvalue weighted by Gasteiger charge is -2.33. The molecular weight excluding hydrogens is 284 g/mol. The lowest BCUT2D eigenvalue weighted by molar-refractivity contribution is -0.391. The van der Waals surface area contributed by atoms with Crippen molar-refractivity contribution in [2.24, 2.45) is 7.05 Å². The lowest BCUT2D eigenvalue weighted by atomic mass is 10.3. The molecule has 7 nitrogen and oxygen atoms in total. The van der Waals surface area contributed by atoms with Gasteiger partial charge in [-0.15, -0.1) is 11.6 Å². The molecule has 0 atom stereocenters. The third kappa shape index (κ3) is 2.94. The summed E-state index contributed by atoms with van der Waals surface area (Å²) in [5.74, 6) is 0.345. The number of amides is 1. The summed E-state index contributed by atoms with van der Waals surface area (Å²) in [7, 11) is 1.54. The van der Waals surface area contributed by atoms with E-state index in [-0.39, 0.29) is 11.7 Å². The summed E-state index contributed by atoms with van der Waals surface area (Å²) in [6.45, 7) is 3.62. The molecule has 1 aliphatic heterocycles. The van der Waals surface area contributed by atoms with Crippen LogP contribution >= 0.6 is 11.6 Å². The van der Waals surface area contributed by atoms with Crippen LogP contribution in [0.3, 0.4) is 0 Å². The van der Waals surface area contributed by atoms with Gasteiger partial charge >= 0.3 is 5.82 Å². The third-order valence-electron chi connectivity index (χ3n) is 3.56. The molecule has 0 bridgehead atoms. The largest absolute Gasteiger partial charge is 0.358 e. The first-order valence-corrected chi connectivity index (χ1v) is 6.95. The highest BCUT2D eigenvalue weighted by Crippen LogP contribution is 2.17. The summed E-state index contributed by atoms with van der Waals surface area (Å²) >= 11 is 5.69. The molecule has 2 heterocycles. The lowest BCUT2D eigenvalue weighted by Crippen LogP contribution is -2.49. The molecule has 1 aliphatic rings. The van der Waals surface area contributed by atoms with Gasteiger partial charge < -0.3 is 15.0 Å². The second kappa shape index (κ2) is 6.23. The molecule has 1 aromatic rings. The van der Waals surface area contributed by atoms with Crippen molar-refractivity contribution >= 4 is 23.3 Å². The number of hydrogen-bond donors (Lipinski definition) is 0. The Balaban J connectivity index is 2.04. The molecule has 1 fully saturated rings. The van der Waals surface area contributed by atoms with Crippen molar-refractivity contribution in [3.63, 3.8) is 0 Å². The van der Waals surface area contributed by atoms with E-state index in [9.17, 15) is 14.9 Å². The second-order valence-corrected chi connectivity index (χ2v) is 5.09. The summed E-state index contributed by atoms with van der Waals surface area (Å²) in [6.07, 6.45) is 0. The standard InChI is InChI=1S/C12H17ClN4O3/c1-14-10(2-3-11(14)17(19)20)12(18)16-8-6-15(5-4-13)7-9-16/h2-3H,4-9H2,1H3. The predicted molar refractivity (Wildman–Crippen MR) is 75.1 cm³/mol. The number of carbonyl (C=O) groups is 1. The summed E-state index contributed by atoms with van der Waals surface area (Å²) in [5.41, 5.74) is 0.350.